The molecule has 9 heteroatoms. The summed E-state index contributed by atoms with van der Waals surface area (Å²) in [7, 11) is 0. The number of aliphatic hydroxyl groups excluding tert-OH is 5. The molecular weight excluding hydrogens is 791 g/mol. The minimum atomic E-state index is -1.58. The largest absolute Gasteiger partial charge is 0.394 e. The summed E-state index contributed by atoms with van der Waals surface area (Å²) in [6, 6.07) is -0.844. The predicted molar refractivity (Wildman–Crippen MR) is 262 cm³/mol. The third-order valence-electron chi connectivity index (χ3n) is 10.3. The van der Waals surface area contributed by atoms with Crippen LogP contribution in [0.4, 0.5) is 0 Å². The normalized spacial score (nSPS) is 21.4. The van der Waals surface area contributed by atoms with Crippen LogP contribution in [0.25, 0.3) is 0 Å². The lowest BCUT2D eigenvalue weighted by molar-refractivity contribution is -0.302. The topological polar surface area (TPSA) is 149 Å². The lowest BCUT2D eigenvalue weighted by atomic mass is 9.99. The second-order valence-corrected chi connectivity index (χ2v) is 15.8. The van der Waals surface area contributed by atoms with E-state index in [1.165, 1.54) is 0 Å². The minimum Gasteiger partial charge on any atom is -0.394 e. The van der Waals surface area contributed by atoms with Gasteiger partial charge in [-0.05, 0) is 103 Å². The van der Waals surface area contributed by atoms with Crippen molar-refractivity contribution >= 4 is 5.91 Å². The van der Waals surface area contributed by atoms with E-state index in [0.717, 1.165) is 116 Å². The molecule has 63 heavy (non-hydrogen) atoms. The highest BCUT2D eigenvalue weighted by Crippen LogP contribution is 2.22. The number of allylic oxidation sites excluding steroid dienone is 21. The first-order valence-electron chi connectivity index (χ1n) is 23.9. The van der Waals surface area contributed by atoms with E-state index in [0.29, 0.717) is 12.8 Å². The molecule has 0 aromatic carbocycles. The number of amides is 1. The fourth-order valence-corrected chi connectivity index (χ4v) is 6.50. The van der Waals surface area contributed by atoms with Gasteiger partial charge in [0.1, 0.15) is 24.4 Å². The van der Waals surface area contributed by atoms with Crippen molar-refractivity contribution in [2.24, 2.45) is 0 Å². The van der Waals surface area contributed by atoms with Crippen LogP contribution in [0.5, 0.6) is 0 Å². The van der Waals surface area contributed by atoms with Gasteiger partial charge in [-0.2, -0.15) is 0 Å². The van der Waals surface area contributed by atoms with Crippen LogP contribution >= 0.6 is 0 Å². The van der Waals surface area contributed by atoms with E-state index >= 15 is 0 Å². The molecule has 9 nitrogen and oxygen atoms in total. The van der Waals surface area contributed by atoms with Crippen LogP contribution in [0.1, 0.15) is 142 Å². The Balaban J connectivity index is 2.24. The average Bonchev–Trinajstić information content (AvgIpc) is 3.28. The van der Waals surface area contributed by atoms with Crippen LogP contribution < -0.4 is 5.32 Å². The number of ether oxygens (including phenoxy) is 2. The van der Waals surface area contributed by atoms with E-state index < -0.39 is 49.5 Å². The van der Waals surface area contributed by atoms with Crippen molar-refractivity contribution in [2.75, 3.05) is 13.2 Å². The summed E-state index contributed by atoms with van der Waals surface area (Å²) >= 11 is 0. The van der Waals surface area contributed by atoms with Crippen LogP contribution in [-0.4, -0.2) is 87.5 Å². The number of nitrogens with one attached hydrogen (secondary N) is 1. The Morgan fingerprint density at radius 1 is 0.571 bits per heavy atom. The molecule has 354 valence electrons. The second kappa shape index (κ2) is 42.3. The molecule has 0 aromatic rings. The van der Waals surface area contributed by atoms with Gasteiger partial charge in [0.2, 0.25) is 5.91 Å². The monoisotopic (exact) mass is 876 g/mol. The molecule has 1 saturated heterocycles. The van der Waals surface area contributed by atoms with Crippen molar-refractivity contribution in [1.29, 1.82) is 0 Å². The Hall–Kier alpha value is -3.67. The maximum Gasteiger partial charge on any atom is 0.220 e. The van der Waals surface area contributed by atoms with Crippen molar-refractivity contribution in [1.82, 2.24) is 5.32 Å². The fraction of sp³-hybridized carbons (Fsp3) is 0.574. The first kappa shape index (κ1) is 57.3. The summed E-state index contributed by atoms with van der Waals surface area (Å²) in [4.78, 5) is 12.9. The molecule has 1 heterocycles. The summed E-state index contributed by atoms with van der Waals surface area (Å²) in [5, 5.41) is 54.0. The summed E-state index contributed by atoms with van der Waals surface area (Å²) < 4.78 is 11.1. The lowest BCUT2D eigenvalue weighted by Gasteiger charge is -2.40. The zero-order valence-corrected chi connectivity index (χ0v) is 38.8. The molecule has 7 unspecified atom stereocenters. The number of hydrogen-bond donors (Lipinski definition) is 6. The predicted octanol–water partition coefficient (Wildman–Crippen LogP) is 10.6. The summed E-state index contributed by atoms with van der Waals surface area (Å²) in [6.45, 7) is 3.35. The summed E-state index contributed by atoms with van der Waals surface area (Å²) in [5.74, 6) is -0.217. The van der Waals surface area contributed by atoms with Crippen molar-refractivity contribution < 1.29 is 39.8 Å². The van der Waals surface area contributed by atoms with E-state index in [-0.39, 0.29) is 12.5 Å². The van der Waals surface area contributed by atoms with Crippen molar-refractivity contribution in [2.45, 2.75) is 185 Å². The first-order valence-corrected chi connectivity index (χ1v) is 23.9. The Labute approximate surface area is 381 Å². The molecule has 1 aliphatic heterocycles. The molecule has 1 fully saturated rings. The van der Waals surface area contributed by atoms with Crippen LogP contribution in [0, 0.1) is 0 Å². The molecule has 6 N–H and O–H groups in total. The van der Waals surface area contributed by atoms with E-state index in [1.54, 1.807) is 6.08 Å². The van der Waals surface area contributed by atoms with Crippen LogP contribution in [0.2, 0.25) is 0 Å². The number of unbranched alkanes of at least 4 members (excludes halogenated alkanes) is 8. The molecule has 0 saturated carbocycles. The van der Waals surface area contributed by atoms with Crippen molar-refractivity contribution in [3.63, 3.8) is 0 Å². The van der Waals surface area contributed by atoms with Gasteiger partial charge in [-0.1, -0.05) is 166 Å². The van der Waals surface area contributed by atoms with Crippen molar-refractivity contribution in [3.8, 4) is 0 Å². The number of aliphatic hydroxyl groups is 5. The molecular formula is C54H85NO8. The second-order valence-electron chi connectivity index (χ2n) is 15.8. The lowest BCUT2D eigenvalue weighted by Crippen LogP contribution is -2.60. The molecule has 1 aliphatic rings. The SMILES string of the molecule is C/C=C/CC/C=C/CC/C=C/C(O)C(COC1OC(CO)C(O)C(O)C1O)NC(=O)CCCCCCCC/C=C\C/C=C\C/C=C\C/C=C\C/C=C\C/C=C\C/C=C\C/C=C\CC. The highest BCUT2D eigenvalue weighted by atomic mass is 16.7. The average molecular weight is 876 g/mol. The number of carbonyl (C=O) groups is 1. The highest BCUT2D eigenvalue weighted by Gasteiger charge is 2.44. The third kappa shape index (κ3) is 32.6. The fourth-order valence-electron chi connectivity index (χ4n) is 6.50. The number of hydrogen-bond acceptors (Lipinski definition) is 8. The Morgan fingerprint density at radius 2 is 1.02 bits per heavy atom. The van der Waals surface area contributed by atoms with Crippen molar-refractivity contribution in [3.05, 3.63) is 134 Å². The number of carbonyl (C=O) groups excluding carboxylic acids is 1. The number of rotatable bonds is 37. The summed E-state index contributed by atoms with van der Waals surface area (Å²) in [6.07, 6.45) is 58.2. The van der Waals surface area contributed by atoms with Gasteiger partial charge < -0.3 is 40.3 Å². The quantitative estimate of drug-likeness (QED) is 0.0267. The van der Waals surface area contributed by atoms with Crippen LogP contribution in [0.3, 0.4) is 0 Å². The van der Waals surface area contributed by atoms with Gasteiger partial charge in [0.05, 0.1) is 25.4 Å². The zero-order chi connectivity index (χ0) is 45.9. The molecule has 0 spiro atoms. The maximum atomic E-state index is 12.9. The van der Waals surface area contributed by atoms with Gasteiger partial charge in [-0.3, -0.25) is 4.79 Å². The zero-order valence-electron chi connectivity index (χ0n) is 38.8. The van der Waals surface area contributed by atoms with E-state index in [2.05, 4.69) is 128 Å². The Kier molecular flexibility index (Phi) is 38.5. The van der Waals surface area contributed by atoms with E-state index in [9.17, 15) is 30.3 Å². The van der Waals surface area contributed by atoms with E-state index in [4.69, 9.17) is 9.47 Å². The van der Waals surface area contributed by atoms with E-state index in [1.807, 2.05) is 19.1 Å². The van der Waals surface area contributed by atoms with Crippen LogP contribution in [-0.2, 0) is 14.3 Å². The molecule has 0 aromatic heterocycles. The van der Waals surface area contributed by atoms with Gasteiger partial charge >= 0.3 is 0 Å². The molecule has 7 atom stereocenters. The third-order valence-corrected chi connectivity index (χ3v) is 10.3. The van der Waals surface area contributed by atoms with Gasteiger partial charge in [0.25, 0.3) is 0 Å². The smallest absolute Gasteiger partial charge is 0.220 e. The molecule has 0 radical (unpaired) electrons. The van der Waals surface area contributed by atoms with Gasteiger partial charge in [-0.25, -0.2) is 0 Å². The molecule has 1 rings (SSSR count). The van der Waals surface area contributed by atoms with Gasteiger partial charge in [-0.15, -0.1) is 0 Å². The molecule has 0 bridgehead atoms. The molecule has 0 aliphatic carbocycles. The van der Waals surface area contributed by atoms with Gasteiger partial charge in [0.15, 0.2) is 6.29 Å². The minimum absolute atomic E-state index is 0.217. The highest BCUT2D eigenvalue weighted by molar-refractivity contribution is 5.76. The standard InChI is InChI=1S/C54H85NO8/c1-3-5-7-9-11-13-14-15-16-17-18-19-20-21-22-23-24-25-26-27-28-29-30-31-32-33-34-36-38-40-42-44-50(58)55-47(48(57)43-41-39-37-35-12-10-8-6-4-2)46-62-54-53(61)52(60)51(59)49(45-56)63-54/h4-7,11-13,15-16,18-19,21-22,24-25,27-28,30-31,35,41,43,47-49,51-54,56-57,59-61H,3,8-10,14,17,20,23,26,29,32-34,36-40,42,44-46H2,1-2H3,(H,55,58)/b6-4+,7-5-,13-11-,16-15-,19-18-,22-21-,25-24-,28-27-,31-30-,35-12+,43-41+. The van der Waals surface area contributed by atoms with Crippen LogP contribution in [0.15, 0.2) is 134 Å². The summed E-state index contributed by atoms with van der Waals surface area (Å²) in [5.41, 5.74) is 0. The molecule has 1 amide bonds. The Bertz CT molecular complexity index is 1430. The maximum absolute atomic E-state index is 12.9. The first-order chi connectivity index (χ1) is 30.8. The Morgan fingerprint density at radius 3 is 1.52 bits per heavy atom. The van der Waals surface area contributed by atoms with Gasteiger partial charge in [0, 0.05) is 6.42 Å².